The summed E-state index contributed by atoms with van der Waals surface area (Å²) >= 11 is 0. The molecule has 0 radical (unpaired) electrons. The average molecular weight is 917 g/mol. The van der Waals surface area contributed by atoms with Crippen molar-refractivity contribution >= 4 is 42.4 Å². The molecule has 0 atom stereocenters. The van der Waals surface area contributed by atoms with Gasteiger partial charge in [-0.05, 0) is 145 Å². The van der Waals surface area contributed by atoms with E-state index in [0.29, 0.717) is 54.6 Å². The van der Waals surface area contributed by atoms with Crippen LogP contribution in [0.1, 0.15) is 87.5 Å². The number of fused-ring (bicyclic) bond motifs is 3. The summed E-state index contributed by atoms with van der Waals surface area (Å²) in [7, 11) is 0. The highest BCUT2D eigenvalue weighted by Crippen LogP contribution is 2.50. The third kappa shape index (κ3) is 16.7. The van der Waals surface area contributed by atoms with Crippen molar-refractivity contribution in [3.05, 3.63) is 145 Å². The normalized spacial score (nSPS) is 12.0. The zero-order chi connectivity index (χ0) is 47.9. The minimum absolute atomic E-state index is 0.0270. The molecule has 14 nitrogen and oxygen atoms in total. The quantitative estimate of drug-likeness (QED) is 0.00852. The first-order chi connectivity index (χ1) is 32.4. The van der Waals surface area contributed by atoms with Gasteiger partial charge in [-0.25, -0.2) is 24.0 Å². The van der Waals surface area contributed by atoms with Crippen molar-refractivity contribution in [1.29, 1.82) is 0 Å². The van der Waals surface area contributed by atoms with E-state index in [1.165, 1.54) is 12.3 Å². The molecule has 1 aliphatic carbocycles. The molecule has 0 amide bonds. The van der Waals surface area contributed by atoms with Crippen molar-refractivity contribution in [2.24, 2.45) is 0 Å². The molecule has 67 heavy (non-hydrogen) atoms. The molecule has 0 fully saturated rings. The highest BCUT2D eigenvalue weighted by Gasteiger charge is 2.36. The van der Waals surface area contributed by atoms with Crippen LogP contribution in [0.2, 0.25) is 0 Å². The number of carbonyl (C=O) groups excluding carboxylic acids is 5. The van der Waals surface area contributed by atoms with E-state index in [2.05, 4.69) is 27.0 Å². The zero-order valence-electron chi connectivity index (χ0n) is 37.9. The van der Waals surface area contributed by atoms with Crippen LogP contribution >= 0.6 is 0 Å². The van der Waals surface area contributed by atoms with Crippen molar-refractivity contribution in [2.45, 2.75) is 70.6 Å². The van der Waals surface area contributed by atoms with E-state index in [-0.39, 0.29) is 20.0 Å². The summed E-state index contributed by atoms with van der Waals surface area (Å²) in [5.74, 6) is 0.265. The lowest BCUT2D eigenvalue weighted by Gasteiger charge is -2.22. The molecule has 0 saturated carbocycles. The molecule has 1 aliphatic rings. The van der Waals surface area contributed by atoms with E-state index in [1.54, 1.807) is 66.7 Å². The molecule has 352 valence electrons. The number of hydrogen-bond acceptors (Lipinski definition) is 14. The summed E-state index contributed by atoms with van der Waals surface area (Å²) in [6.07, 6.45) is 13.0. The Morgan fingerprint density at radius 3 is 1.42 bits per heavy atom. The fraction of sp³-hybridized carbons (Fsp3) is 0.302. The molecule has 0 heterocycles. The molecule has 0 bridgehead atoms. The van der Waals surface area contributed by atoms with Crippen molar-refractivity contribution in [2.75, 3.05) is 33.2 Å². The third-order valence-corrected chi connectivity index (χ3v) is 10.4. The maximum absolute atomic E-state index is 12.8. The zero-order valence-corrected chi connectivity index (χ0v) is 37.9. The Balaban J connectivity index is 0.991. The van der Waals surface area contributed by atoms with Gasteiger partial charge in [0.2, 0.25) is 6.79 Å². The third-order valence-electron chi connectivity index (χ3n) is 10.4. The van der Waals surface area contributed by atoms with Gasteiger partial charge in [0.1, 0.15) is 23.0 Å². The maximum atomic E-state index is 12.8. The lowest BCUT2D eigenvalue weighted by Crippen LogP contribution is -2.15. The van der Waals surface area contributed by atoms with Gasteiger partial charge in [-0.15, -0.1) is 0 Å². The second-order valence-electron chi connectivity index (χ2n) is 15.6. The molecule has 0 saturated heterocycles. The van der Waals surface area contributed by atoms with Crippen LogP contribution in [0.3, 0.4) is 0 Å². The van der Waals surface area contributed by atoms with Crippen LogP contribution < -0.4 is 18.9 Å². The van der Waals surface area contributed by atoms with E-state index in [4.69, 9.17) is 42.6 Å². The second-order valence-corrected chi connectivity index (χ2v) is 15.6. The average Bonchev–Trinajstić information content (AvgIpc) is 3.54. The number of unbranched alkanes of at least 4 members (excludes halogenated alkanes) is 6. The van der Waals surface area contributed by atoms with Gasteiger partial charge in [-0.1, -0.05) is 63.4 Å². The van der Waals surface area contributed by atoms with Gasteiger partial charge in [0, 0.05) is 23.6 Å². The number of hydrogen-bond donors (Lipinski definition) is 0. The lowest BCUT2D eigenvalue weighted by molar-refractivity contribution is -0.138. The summed E-state index contributed by atoms with van der Waals surface area (Å²) in [6, 6.07) is 24.9. The topological polar surface area (TPSA) is 168 Å². The summed E-state index contributed by atoms with van der Waals surface area (Å²) in [4.78, 5) is 59.0. The van der Waals surface area contributed by atoms with Gasteiger partial charge in [0.15, 0.2) is 0 Å². The Hall–Kier alpha value is -7.61. The van der Waals surface area contributed by atoms with E-state index in [0.717, 1.165) is 78.5 Å². The van der Waals surface area contributed by atoms with E-state index in [9.17, 15) is 24.0 Å². The smallest absolute Gasteiger partial charge is 0.465 e. The summed E-state index contributed by atoms with van der Waals surface area (Å²) in [6.45, 7) is 12.0. The van der Waals surface area contributed by atoms with Crippen LogP contribution in [0.25, 0.3) is 23.3 Å². The molecule has 4 aromatic rings. The molecule has 0 aliphatic heterocycles. The second kappa shape index (κ2) is 26.4. The number of esters is 3. The van der Waals surface area contributed by atoms with Gasteiger partial charge in [-0.2, -0.15) is 0 Å². The van der Waals surface area contributed by atoms with Gasteiger partial charge in [-0.3, -0.25) is 0 Å². The van der Waals surface area contributed by atoms with Crippen LogP contribution in [-0.4, -0.2) is 63.4 Å². The predicted octanol–water partition coefficient (Wildman–Crippen LogP) is 11.2. The Bertz CT molecular complexity index is 2380. The summed E-state index contributed by atoms with van der Waals surface area (Å²) < 4.78 is 47.8. The molecule has 14 heteroatoms. The van der Waals surface area contributed by atoms with Gasteiger partial charge in [0.05, 0.1) is 32.7 Å². The lowest BCUT2D eigenvalue weighted by atomic mass is 9.82. The summed E-state index contributed by atoms with van der Waals surface area (Å²) in [5.41, 5.74) is 5.26. The van der Waals surface area contributed by atoms with Crippen LogP contribution in [-0.2, 0) is 43.5 Å². The Labute approximate surface area is 390 Å². The Kier molecular flexibility index (Phi) is 19.8. The van der Waals surface area contributed by atoms with Crippen molar-refractivity contribution in [1.82, 2.24) is 0 Å². The van der Waals surface area contributed by atoms with Crippen LogP contribution in [0.5, 0.6) is 23.0 Å². The van der Waals surface area contributed by atoms with Crippen molar-refractivity contribution < 1.29 is 66.6 Å². The van der Waals surface area contributed by atoms with Crippen LogP contribution in [0, 0.1) is 0 Å². The number of carbonyl (C=O) groups is 5. The fourth-order valence-electron chi connectivity index (χ4n) is 6.87. The molecular weight excluding hydrogens is 861 g/mol. The minimum Gasteiger partial charge on any atom is -0.465 e. The largest absolute Gasteiger partial charge is 0.513 e. The highest BCUT2D eigenvalue weighted by atomic mass is 16.7. The van der Waals surface area contributed by atoms with Crippen molar-refractivity contribution in [3.8, 4) is 34.1 Å². The first-order valence-electron chi connectivity index (χ1n) is 22.0. The number of rotatable bonds is 26. The Morgan fingerprint density at radius 2 is 0.925 bits per heavy atom. The van der Waals surface area contributed by atoms with E-state index in [1.807, 2.05) is 30.3 Å². The molecule has 0 aromatic heterocycles. The first kappa shape index (κ1) is 50.4. The van der Waals surface area contributed by atoms with Crippen molar-refractivity contribution in [3.63, 3.8) is 0 Å². The molecule has 0 spiro atoms. The Morgan fingerprint density at radius 1 is 0.493 bits per heavy atom. The molecule has 4 aromatic carbocycles. The van der Waals surface area contributed by atoms with E-state index < -0.39 is 35.6 Å². The molecule has 0 N–H and O–H groups in total. The molecular formula is C53H56O14. The number of benzene rings is 4. The molecule has 0 unspecified atom stereocenters. The monoisotopic (exact) mass is 916 g/mol. The minimum atomic E-state index is -0.809. The van der Waals surface area contributed by atoms with Crippen LogP contribution in [0.4, 0.5) is 9.59 Å². The fourth-order valence-corrected chi connectivity index (χ4v) is 6.87. The van der Waals surface area contributed by atoms with Crippen LogP contribution in [0.15, 0.2) is 123 Å². The SMILES string of the molecule is C=CC(=O)OCCCCCCOC(=O)Oc1ccc(C=COCOc2ccc3c(c2)C(C)(C)c2cc(OC(=O)C=Cc4ccc(OC(=O)OCCCCCCOC(=O)C=C)cc4)ccc2-3)cc1. The first-order valence-corrected chi connectivity index (χ1v) is 22.0. The standard InChI is InChI=1S/C53H56O14/c1-5-48(54)60-30-11-7-9-13-32-62-51(57)66-40-20-15-38(16-21-40)19-28-50(56)65-43-25-27-45-44-26-24-42(35-46(44)53(3,4)47(45)36-43)64-37-59-34-29-39-17-22-41(23-18-39)67-52(58)63-33-14-10-8-12-31-61-49(55)6-2/h5-6,15-29,34-36H,1-2,7-14,30-33,37H2,3-4H3. The highest BCUT2D eigenvalue weighted by molar-refractivity contribution is 5.89. The van der Waals surface area contributed by atoms with Gasteiger partial charge < -0.3 is 42.6 Å². The van der Waals surface area contributed by atoms with E-state index >= 15 is 0 Å². The molecule has 5 rings (SSSR count). The maximum Gasteiger partial charge on any atom is 0.513 e. The summed E-state index contributed by atoms with van der Waals surface area (Å²) in [5, 5.41) is 0. The predicted molar refractivity (Wildman–Crippen MR) is 250 cm³/mol. The van der Waals surface area contributed by atoms with Gasteiger partial charge in [0.25, 0.3) is 0 Å². The number of ether oxygens (including phenoxy) is 9. The van der Waals surface area contributed by atoms with Gasteiger partial charge >= 0.3 is 30.2 Å².